The number of carboxylic acid groups (broad SMARTS) is 2. The number of fused-ring (bicyclic) bond motifs is 2. The van der Waals surface area contributed by atoms with Gasteiger partial charge in [0.2, 0.25) is 0 Å². The average Bonchev–Trinajstić information content (AvgIpc) is 3.44. The summed E-state index contributed by atoms with van der Waals surface area (Å²) < 4.78 is 0. The van der Waals surface area contributed by atoms with Crippen molar-refractivity contribution in [1.82, 2.24) is 9.80 Å². The van der Waals surface area contributed by atoms with E-state index in [4.69, 9.17) is 10.2 Å². The van der Waals surface area contributed by atoms with Crippen LogP contribution in [0.1, 0.15) is 34.3 Å². The minimum Gasteiger partial charge on any atom is -0.478 e. The summed E-state index contributed by atoms with van der Waals surface area (Å²) in [5.74, 6) is -1.65. The fourth-order valence-electron chi connectivity index (χ4n) is 5.21. The number of hydrogen-bond donors (Lipinski definition) is 2. The van der Waals surface area contributed by atoms with Crippen LogP contribution in [-0.2, 0) is 22.6 Å². The van der Waals surface area contributed by atoms with Gasteiger partial charge in [-0.05, 0) is 61.5 Å². The number of piperidine rings is 1. The molecule has 0 saturated carbocycles. The summed E-state index contributed by atoms with van der Waals surface area (Å²) in [4.78, 5) is 38.9. The third-order valence-electron chi connectivity index (χ3n) is 7.12. The fourth-order valence-corrected chi connectivity index (χ4v) is 5.21. The van der Waals surface area contributed by atoms with E-state index in [1.54, 1.807) is 0 Å². The van der Waals surface area contributed by atoms with Gasteiger partial charge in [-0.15, -0.1) is 0 Å². The molecule has 1 amide bonds. The highest BCUT2D eigenvalue weighted by atomic mass is 16.4. The Morgan fingerprint density at radius 3 is 2.14 bits per heavy atom. The minimum atomic E-state index is -1.26. The zero-order chi connectivity index (χ0) is 25.5. The average molecular weight is 492 g/mol. The van der Waals surface area contributed by atoms with Crippen molar-refractivity contribution in [3.05, 3.63) is 77.4 Å². The monoisotopic (exact) mass is 491 g/mol. The van der Waals surface area contributed by atoms with Gasteiger partial charge in [0, 0.05) is 56.1 Å². The van der Waals surface area contributed by atoms with Crippen LogP contribution in [0.25, 0.3) is 0 Å². The van der Waals surface area contributed by atoms with E-state index >= 15 is 0 Å². The lowest BCUT2D eigenvalue weighted by Gasteiger charge is -2.35. The molecule has 0 unspecified atom stereocenters. The fraction of sp³-hybridized carbons (Fsp3) is 0.393. The summed E-state index contributed by atoms with van der Waals surface area (Å²) in [5.41, 5.74) is 5.03. The molecule has 5 rings (SSSR count). The predicted molar refractivity (Wildman–Crippen MR) is 137 cm³/mol. The van der Waals surface area contributed by atoms with E-state index in [-0.39, 0.29) is 5.91 Å². The Morgan fingerprint density at radius 2 is 1.47 bits per heavy atom. The normalized spacial score (nSPS) is 17.6. The van der Waals surface area contributed by atoms with Crippen LogP contribution < -0.4 is 4.90 Å². The summed E-state index contributed by atoms with van der Waals surface area (Å²) >= 11 is 0. The van der Waals surface area contributed by atoms with Gasteiger partial charge in [0.1, 0.15) is 0 Å². The van der Waals surface area contributed by atoms with Crippen molar-refractivity contribution >= 4 is 23.5 Å². The maximum Gasteiger partial charge on any atom is 0.328 e. The third-order valence-corrected chi connectivity index (χ3v) is 7.12. The lowest BCUT2D eigenvalue weighted by Crippen LogP contribution is -2.42. The Bertz CT molecular complexity index is 1110. The number of benzene rings is 2. The first kappa shape index (κ1) is 25.4. The molecular weight excluding hydrogens is 458 g/mol. The van der Waals surface area contributed by atoms with Crippen molar-refractivity contribution in [1.29, 1.82) is 0 Å². The number of carbonyl (C=O) groups excluding carboxylic acids is 1. The first-order valence-corrected chi connectivity index (χ1v) is 12.5. The lowest BCUT2D eigenvalue weighted by molar-refractivity contribution is -0.134. The predicted octanol–water partition coefficient (Wildman–Crippen LogP) is 3.13. The summed E-state index contributed by atoms with van der Waals surface area (Å²) in [5, 5.41) is 15.6. The number of likely N-dealkylation sites (tertiary alicyclic amines) is 1. The summed E-state index contributed by atoms with van der Waals surface area (Å²) in [6.45, 7) is 7.47. The standard InChI is InChI=1S/C24H29N3O.C4H4O4/c28-24-22-7-3-1-6-21(22)18-27(24)17-19-9-12-25(13-10-19)15-16-26-14-11-20-5-2-4-8-23(20)26;5-3(6)1-2-4(7)8/h1-8,19H,9-18H2;1-2H,(H,5,6)(H,7,8)/b;2-1+. The molecule has 0 spiro atoms. The van der Waals surface area contributed by atoms with Gasteiger partial charge in [0.25, 0.3) is 5.91 Å². The number of carbonyl (C=O) groups is 3. The Balaban J connectivity index is 0.000000331. The smallest absolute Gasteiger partial charge is 0.328 e. The molecule has 3 aliphatic rings. The molecule has 0 aromatic heterocycles. The van der Waals surface area contributed by atoms with Gasteiger partial charge in [-0.25, -0.2) is 9.59 Å². The van der Waals surface area contributed by atoms with Crippen LogP contribution in [0.5, 0.6) is 0 Å². The van der Waals surface area contributed by atoms with Crippen LogP contribution in [0.3, 0.4) is 0 Å². The molecular formula is C28H33N3O5. The topological polar surface area (TPSA) is 101 Å². The van der Waals surface area contributed by atoms with Crippen molar-refractivity contribution in [3.8, 4) is 0 Å². The summed E-state index contributed by atoms with van der Waals surface area (Å²) in [7, 11) is 0. The van der Waals surface area contributed by atoms with E-state index in [0.29, 0.717) is 18.1 Å². The van der Waals surface area contributed by atoms with Crippen molar-refractivity contribution in [2.75, 3.05) is 44.2 Å². The Hall–Kier alpha value is -3.65. The second-order valence-electron chi connectivity index (χ2n) is 9.50. The van der Waals surface area contributed by atoms with E-state index in [1.165, 1.54) is 36.1 Å². The number of rotatable bonds is 7. The van der Waals surface area contributed by atoms with Gasteiger partial charge in [0.15, 0.2) is 0 Å². The number of amides is 1. The Kier molecular flexibility index (Phi) is 8.38. The number of anilines is 1. The summed E-state index contributed by atoms with van der Waals surface area (Å²) in [6, 6.07) is 16.9. The molecule has 3 heterocycles. The van der Waals surface area contributed by atoms with E-state index in [1.807, 2.05) is 18.2 Å². The quantitative estimate of drug-likeness (QED) is 0.574. The van der Waals surface area contributed by atoms with Gasteiger partial charge in [-0.3, -0.25) is 4.79 Å². The molecule has 36 heavy (non-hydrogen) atoms. The van der Waals surface area contributed by atoms with Gasteiger partial charge in [-0.2, -0.15) is 0 Å². The number of carboxylic acids is 2. The molecule has 190 valence electrons. The molecule has 0 atom stereocenters. The molecule has 2 aromatic carbocycles. The molecule has 8 heteroatoms. The second-order valence-corrected chi connectivity index (χ2v) is 9.50. The Labute approximate surface area is 211 Å². The van der Waals surface area contributed by atoms with E-state index in [0.717, 1.165) is 51.4 Å². The zero-order valence-corrected chi connectivity index (χ0v) is 20.4. The molecule has 1 fully saturated rings. The first-order valence-electron chi connectivity index (χ1n) is 12.5. The second kappa shape index (κ2) is 11.9. The molecule has 8 nitrogen and oxygen atoms in total. The van der Waals surface area contributed by atoms with Crippen LogP contribution in [0.15, 0.2) is 60.7 Å². The van der Waals surface area contributed by atoms with Gasteiger partial charge >= 0.3 is 11.9 Å². The highest BCUT2D eigenvalue weighted by Gasteiger charge is 2.30. The zero-order valence-electron chi connectivity index (χ0n) is 20.4. The van der Waals surface area contributed by atoms with Gasteiger partial charge in [0.05, 0.1) is 0 Å². The first-order chi connectivity index (χ1) is 17.4. The molecule has 0 aliphatic carbocycles. The molecule has 2 aromatic rings. The molecule has 2 N–H and O–H groups in total. The third kappa shape index (κ3) is 6.51. The van der Waals surface area contributed by atoms with Crippen LogP contribution in [0, 0.1) is 5.92 Å². The number of aliphatic carboxylic acids is 2. The van der Waals surface area contributed by atoms with Gasteiger partial charge in [-0.1, -0.05) is 36.4 Å². The number of nitrogens with zero attached hydrogens (tertiary/aromatic N) is 3. The lowest BCUT2D eigenvalue weighted by atomic mass is 9.96. The van der Waals surface area contributed by atoms with Crippen molar-refractivity contribution in [3.63, 3.8) is 0 Å². The van der Waals surface area contributed by atoms with E-state index in [2.05, 4.69) is 45.0 Å². The molecule has 3 aliphatic heterocycles. The SMILES string of the molecule is O=C(O)/C=C/C(=O)O.O=C1c2ccccc2CN1CC1CCN(CCN2CCc3ccccc32)CC1. The van der Waals surface area contributed by atoms with E-state index < -0.39 is 11.9 Å². The van der Waals surface area contributed by atoms with Crippen molar-refractivity contribution in [2.24, 2.45) is 5.92 Å². The van der Waals surface area contributed by atoms with Crippen LogP contribution in [0.2, 0.25) is 0 Å². The largest absolute Gasteiger partial charge is 0.478 e. The van der Waals surface area contributed by atoms with E-state index in [9.17, 15) is 14.4 Å². The van der Waals surface area contributed by atoms with Crippen LogP contribution in [0.4, 0.5) is 5.69 Å². The van der Waals surface area contributed by atoms with Crippen LogP contribution in [-0.4, -0.2) is 77.1 Å². The summed E-state index contributed by atoms with van der Waals surface area (Å²) in [6.07, 6.45) is 4.71. The molecule has 1 saturated heterocycles. The highest BCUT2D eigenvalue weighted by molar-refractivity contribution is 5.98. The highest BCUT2D eigenvalue weighted by Crippen LogP contribution is 2.28. The number of para-hydroxylation sites is 1. The maximum atomic E-state index is 12.6. The van der Waals surface area contributed by atoms with Crippen LogP contribution >= 0.6 is 0 Å². The number of hydrogen-bond acceptors (Lipinski definition) is 5. The van der Waals surface area contributed by atoms with Crippen molar-refractivity contribution < 1.29 is 24.6 Å². The molecule has 0 bridgehead atoms. The maximum absolute atomic E-state index is 12.6. The Morgan fingerprint density at radius 1 is 0.833 bits per heavy atom. The van der Waals surface area contributed by atoms with Gasteiger partial charge < -0.3 is 24.9 Å². The minimum absolute atomic E-state index is 0.228. The molecule has 0 radical (unpaired) electrons. The van der Waals surface area contributed by atoms with Crippen molar-refractivity contribution in [2.45, 2.75) is 25.8 Å².